The number of carbonyl (C=O) groups is 1. The van der Waals surface area contributed by atoms with E-state index < -0.39 is 5.69 Å². The number of aromatic nitrogens is 4. The first-order chi connectivity index (χ1) is 14.8. The van der Waals surface area contributed by atoms with Crippen LogP contribution in [0.4, 0.5) is 5.69 Å². The highest BCUT2D eigenvalue weighted by Crippen LogP contribution is 2.21. The SMILES string of the molecule is Cc1cc2nn(CC(=O)Nc3ccc(C(C)C)cc3)c(=O)n2c(-c2cccc(Cl)c2)n1. The van der Waals surface area contributed by atoms with Gasteiger partial charge in [0, 0.05) is 28.0 Å². The van der Waals surface area contributed by atoms with Gasteiger partial charge >= 0.3 is 5.69 Å². The van der Waals surface area contributed by atoms with Crippen LogP contribution in [-0.4, -0.2) is 25.1 Å². The van der Waals surface area contributed by atoms with E-state index in [4.69, 9.17) is 11.6 Å². The summed E-state index contributed by atoms with van der Waals surface area (Å²) < 4.78 is 2.53. The predicted molar refractivity (Wildman–Crippen MR) is 122 cm³/mol. The number of nitrogens with one attached hydrogen (secondary N) is 1. The fraction of sp³-hybridized carbons (Fsp3) is 0.217. The molecule has 0 saturated heterocycles. The maximum atomic E-state index is 13.0. The van der Waals surface area contributed by atoms with Crippen molar-refractivity contribution >= 4 is 28.8 Å². The number of halogens is 1. The molecule has 2 aromatic carbocycles. The van der Waals surface area contributed by atoms with E-state index in [-0.39, 0.29) is 12.5 Å². The van der Waals surface area contributed by atoms with E-state index in [2.05, 4.69) is 29.2 Å². The van der Waals surface area contributed by atoms with Crippen LogP contribution in [0, 0.1) is 6.92 Å². The van der Waals surface area contributed by atoms with Gasteiger partial charge in [-0.05, 0) is 42.7 Å². The Morgan fingerprint density at radius 1 is 1.13 bits per heavy atom. The smallest absolute Gasteiger partial charge is 0.324 e. The van der Waals surface area contributed by atoms with Gasteiger partial charge in [0.25, 0.3) is 0 Å². The van der Waals surface area contributed by atoms with Crippen LogP contribution >= 0.6 is 11.6 Å². The van der Waals surface area contributed by atoms with Crippen molar-refractivity contribution in [2.45, 2.75) is 33.2 Å². The lowest BCUT2D eigenvalue weighted by atomic mass is 10.0. The van der Waals surface area contributed by atoms with Gasteiger partial charge < -0.3 is 5.32 Å². The molecule has 4 aromatic rings. The van der Waals surface area contributed by atoms with Crippen LogP contribution in [0.5, 0.6) is 0 Å². The van der Waals surface area contributed by atoms with Gasteiger partial charge in [0.05, 0.1) is 0 Å². The summed E-state index contributed by atoms with van der Waals surface area (Å²) in [6.45, 7) is 5.83. The number of anilines is 1. The van der Waals surface area contributed by atoms with Crippen LogP contribution in [0.1, 0.15) is 31.0 Å². The Kier molecular flexibility index (Phi) is 5.61. The Morgan fingerprint density at radius 2 is 1.87 bits per heavy atom. The van der Waals surface area contributed by atoms with Crippen molar-refractivity contribution in [1.29, 1.82) is 0 Å². The quantitative estimate of drug-likeness (QED) is 0.507. The van der Waals surface area contributed by atoms with Gasteiger partial charge in [-0.25, -0.2) is 18.9 Å². The molecule has 0 spiro atoms. The van der Waals surface area contributed by atoms with Crippen LogP contribution in [0.2, 0.25) is 5.02 Å². The summed E-state index contributed by atoms with van der Waals surface area (Å²) in [5.74, 6) is 0.502. The number of nitrogens with zero attached hydrogens (tertiary/aromatic N) is 4. The number of fused-ring (bicyclic) bond motifs is 1. The first-order valence-electron chi connectivity index (χ1n) is 9.95. The van der Waals surface area contributed by atoms with E-state index >= 15 is 0 Å². The van der Waals surface area contributed by atoms with E-state index in [1.165, 1.54) is 9.96 Å². The fourth-order valence-electron chi connectivity index (χ4n) is 3.37. The number of amides is 1. The molecule has 8 heteroatoms. The molecule has 2 aromatic heterocycles. The molecule has 31 heavy (non-hydrogen) atoms. The van der Waals surface area contributed by atoms with Crippen molar-refractivity contribution < 1.29 is 4.79 Å². The highest BCUT2D eigenvalue weighted by atomic mass is 35.5. The Bertz CT molecular complexity index is 1320. The first-order valence-corrected chi connectivity index (χ1v) is 10.3. The number of aryl methyl sites for hydroxylation is 1. The molecule has 0 radical (unpaired) electrons. The summed E-state index contributed by atoms with van der Waals surface area (Å²) in [4.78, 5) is 30.1. The Labute approximate surface area is 184 Å². The van der Waals surface area contributed by atoms with Crippen LogP contribution < -0.4 is 11.0 Å². The Balaban J connectivity index is 1.64. The van der Waals surface area contributed by atoms with E-state index in [1.54, 1.807) is 24.3 Å². The van der Waals surface area contributed by atoms with Gasteiger partial charge in [-0.1, -0.05) is 49.7 Å². The molecule has 0 fully saturated rings. The third kappa shape index (κ3) is 4.36. The molecular weight excluding hydrogens is 414 g/mol. The molecule has 1 amide bonds. The zero-order valence-corrected chi connectivity index (χ0v) is 18.2. The predicted octanol–water partition coefficient (Wildman–Crippen LogP) is 4.28. The van der Waals surface area contributed by atoms with Crippen molar-refractivity contribution in [3.63, 3.8) is 0 Å². The topological polar surface area (TPSA) is 81.3 Å². The van der Waals surface area contributed by atoms with Gasteiger partial charge in [-0.15, -0.1) is 5.10 Å². The monoisotopic (exact) mass is 435 g/mol. The number of hydrogen-bond acceptors (Lipinski definition) is 4. The summed E-state index contributed by atoms with van der Waals surface area (Å²) in [5.41, 5.74) is 3.23. The molecule has 158 valence electrons. The summed E-state index contributed by atoms with van der Waals surface area (Å²) in [6, 6.07) is 16.5. The Hall–Kier alpha value is -3.45. The van der Waals surface area contributed by atoms with Gasteiger partial charge in [0.15, 0.2) is 5.65 Å². The average molecular weight is 436 g/mol. The van der Waals surface area contributed by atoms with E-state index in [9.17, 15) is 9.59 Å². The minimum Gasteiger partial charge on any atom is -0.324 e. The third-order valence-electron chi connectivity index (χ3n) is 4.93. The zero-order chi connectivity index (χ0) is 22.1. The zero-order valence-electron chi connectivity index (χ0n) is 17.5. The summed E-state index contributed by atoms with van der Waals surface area (Å²) in [5, 5.41) is 7.69. The third-order valence-corrected chi connectivity index (χ3v) is 5.17. The highest BCUT2D eigenvalue weighted by molar-refractivity contribution is 6.30. The van der Waals surface area contributed by atoms with Crippen LogP contribution in [0.15, 0.2) is 59.4 Å². The minimum atomic E-state index is -0.442. The molecular formula is C23H22ClN5O2. The van der Waals surface area contributed by atoms with E-state index in [0.717, 1.165) is 4.68 Å². The lowest BCUT2D eigenvalue weighted by Crippen LogP contribution is -2.28. The normalized spacial score (nSPS) is 11.3. The van der Waals surface area contributed by atoms with Gasteiger partial charge in [0.1, 0.15) is 12.4 Å². The minimum absolute atomic E-state index is 0.208. The molecule has 0 unspecified atom stereocenters. The average Bonchev–Trinajstić information content (AvgIpc) is 3.02. The van der Waals surface area contributed by atoms with Crippen molar-refractivity contribution in [3.05, 3.63) is 81.4 Å². The van der Waals surface area contributed by atoms with Crippen LogP contribution in [0.3, 0.4) is 0 Å². The van der Waals surface area contributed by atoms with Gasteiger partial charge in [-0.2, -0.15) is 0 Å². The molecule has 0 saturated carbocycles. The van der Waals surface area contributed by atoms with Gasteiger partial charge in [0.2, 0.25) is 5.91 Å². The highest BCUT2D eigenvalue weighted by Gasteiger charge is 2.16. The second kappa shape index (κ2) is 8.35. The van der Waals surface area contributed by atoms with Crippen molar-refractivity contribution in [3.8, 4) is 11.4 Å². The number of benzene rings is 2. The number of hydrogen-bond donors (Lipinski definition) is 1. The fourth-order valence-corrected chi connectivity index (χ4v) is 3.56. The summed E-state index contributed by atoms with van der Waals surface area (Å²) in [7, 11) is 0. The molecule has 7 nitrogen and oxygen atoms in total. The van der Waals surface area contributed by atoms with E-state index in [0.29, 0.717) is 39.4 Å². The number of carbonyl (C=O) groups excluding carboxylic acids is 1. The van der Waals surface area contributed by atoms with Gasteiger partial charge in [-0.3, -0.25) is 4.79 Å². The standard InChI is InChI=1S/C23H22ClN5O2/c1-14(2)16-7-9-19(10-8-16)26-21(30)13-28-23(31)29-20(27-28)11-15(3)25-22(29)17-5-4-6-18(24)12-17/h4-12,14H,13H2,1-3H3,(H,26,30). The second-order valence-electron chi connectivity index (χ2n) is 7.69. The molecule has 0 aliphatic carbocycles. The molecule has 0 aliphatic heterocycles. The Morgan fingerprint density at radius 3 is 2.55 bits per heavy atom. The second-order valence-corrected chi connectivity index (χ2v) is 8.13. The van der Waals surface area contributed by atoms with Crippen molar-refractivity contribution in [1.82, 2.24) is 19.2 Å². The summed E-state index contributed by atoms with van der Waals surface area (Å²) in [6.07, 6.45) is 0. The molecule has 0 atom stereocenters. The van der Waals surface area contributed by atoms with Crippen LogP contribution in [0.25, 0.3) is 17.0 Å². The number of rotatable bonds is 5. The molecule has 0 bridgehead atoms. The van der Waals surface area contributed by atoms with Crippen LogP contribution in [-0.2, 0) is 11.3 Å². The lowest BCUT2D eigenvalue weighted by Gasteiger charge is -2.08. The molecule has 1 N–H and O–H groups in total. The maximum Gasteiger partial charge on any atom is 0.352 e. The molecule has 2 heterocycles. The maximum absolute atomic E-state index is 13.0. The van der Waals surface area contributed by atoms with Crippen molar-refractivity contribution in [2.24, 2.45) is 0 Å². The molecule has 0 aliphatic rings. The summed E-state index contributed by atoms with van der Waals surface area (Å²) >= 11 is 6.11. The lowest BCUT2D eigenvalue weighted by molar-refractivity contribution is -0.117. The van der Waals surface area contributed by atoms with Crippen molar-refractivity contribution in [2.75, 3.05) is 5.32 Å². The first kappa shape index (κ1) is 20.8. The largest absolute Gasteiger partial charge is 0.352 e. The van der Waals surface area contributed by atoms with E-state index in [1.807, 2.05) is 37.3 Å². The molecule has 4 rings (SSSR count).